The van der Waals surface area contributed by atoms with Crippen molar-refractivity contribution in [3.63, 3.8) is 0 Å². The van der Waals surface area contributed by atoms with E-state index in [1.807, 2.05) is 26.8 Å². The number of hydrogen-bond donors (Lipinski definition) is 2. The van der Waals surface area contributed by atoms with Gasteiger partial charge in [-0.1, -0.05) is 6.07 Å². The van der Waals surface area contributed by atoms with Gasteiger partial charge >= 0.3 is 5.69 Å². The van der Waals surface area contributed by atoms with Crippen LogP contribution >= 0.6 is 0 Å². The van der Waals surface area contributed by atoms with Gasteiger partial charge in [-0.3, -0.25) is 4.40 Å². The second-order valence-corrected chi connectivity index (χ2v) is 5.68. The molecule has 0 aliphatic rings. The highest BCUT2D eigenvalue weighted by Gasteiger charge is 2.14. The number of rotatable bonds is 4. The van der Waals surface area contributed by atoms with Crippen molar-refractivity contribution in [1.29, 1.82) is 0 Å². The molecule has 6 nitrogen and oxygen atoms in total. The van der Waals surface area contributed by atoms with Crippen molar-refractivity contribution in [2.45, 2.75) is 39.0 Å². The van der Waals surface area contributed by atoms with E-state index in [2.05, 4.69) is 10.4 Å². The largest absolute Gasteiger partial charge is 0.390 e. The van der Waals surface area contributed by atoms with Crippen LogP contribution in [0, 0.1) is 0 Å². The van der Waals surface area contributed by atoms with Crippen LogP contribution in [0.3, 0.4) is 0 Å². The zero-order valence-electron chi connectivity index (χ0n) is 11.5. The molecule has 1 unspecified atom stereocenters. The fourth-order valence-electron chi connectivity index (χ4n) is 1.78. The van der Waals surface area contributed by atoms with Crippen molar-refractivity contribution in [1.82, 2.24) is 19.5 Å². The van der Waals surface area contributed by atoms with Crippen LogP contribution in [-0.2, 0) is 6.54 Å². The van der Waals surface area contributed by atoms with Gasteiger partial charge in [0.1, 0.15) is 0 Å². The lowest BCUT2D eigenvalue weighted by molar-refractivity contribution is 0.136. The molecule has 19 heavy (non-hydrogen) atoms. The third-order valence-corrected chi connectivity index (χ3v) is 2.74. The van der Waals surface area contributed by atoms with Crippen molar-refractivity contribution in [2.24, 2.45) is 0 Å². The van der Waals surface area contributed by atoms with Gasteiger partial charge < -0.3 is 10.4 Å². The fourth-order valence-corrected chi connectivity index (χ4v) is 1.78. The van der Waals surface area contributed by atoms with E-state index >= 15 is 0 Å². The SMILES string of the molecule is CC(C)(C)NCC(O)Cn1nc2ccccn2c1=O. The van der Waals surface area contributed by atoms with Gasteiger partial charge in [-0.15, -0.1) is 5.10 Å². The van der Waals surface area contributed by atoms with E-state index in [1.54, 1.807) is 18.3 Å². The van der Waals surface area contributed by atoms with Crippen LogP contribution in [0.5, 0.6) is 0 Å². The predicted octanol–water partition coefficient (Wildman–Crippen LogP) is 0.245. The fraction of sp³-hybridized carbons (Fsp3) is 0.538. The summed E-state index contributed by atoms with van der Waals surface area (Å²) in [6.07, 6.45) is 1.02. The van der Waals surface area contributed by atoms with Gasteiger partial charge in [-0.05, 0) is 32.9 Å². The average molecular weight is 264 g/mol. The van der Waals surface area contributed by atoms with E-state index in [9.17, 15) is 9.90 Å². The molecule has 0 aliphatic heterocycles. The lowest BCUT2D eigenvalue weighted by Crippen LogP contribution is -2.42. The molecule has 0 saturated carbocycles. The minimum Gasteiger partial charge on any atom is -0.390 e. The second-order valence-electron chi connectivity index (χ2n) is 5.68. The quantitative estimate of drug-likeness (QED) is 0.830. The van der Waals surface area contributed by atoms with Gasteiger partial charge in [-0.2, -0.15) is 0 Å². The molecule has 0 aromatic carbocycles. The molecule has 0 radical (unpaired) electrons. The molecule has 2 aromatic heterocycles. The Morgan fingerprint density at radius 3 is 2.79 bits per heavy atom. The van der Waals surface area contributed by atoms with E-state index in [0.717, 1.165) is 0 Å². The minimum atomic E-state index is -0.651. The lowest BCUT2D eigenvalue weighted by Gasteiger charge is -2.22. The van der Waals surface area contributed by atoms with Crippen molar-refractivity contribution >= 4 is 5.65 Å². The van der Waals surface area contributed by atoms with Gasteiger partial charge in [-0.25, -0.2) is 9.48 Å². The second kappa shape index (κ2) is 5.14. The molecule has 2 N–H and O–H groups in total. The number of hydrogen-bond acceptors (Lipinski definition) is 4. The molecule has 0 spiro atoms. The Kier molecular flexibility index (Phi) is 3.73. The summed E-state index contributed by atoms with van der Waals surface area (Å²) in [5.74, 6) is 0. The topological polar surface area (TPSA) is 71.6 Å². The summed E-state index contributed by atoms with van der Waals surface area (Å²) in [5, 5.41) is 17.3. The maximum Gasteiger partial charge on any atom is 0.350 e. The number of nitrogens with zero attached hydrogens (tertiary/aromatic N) is 3. The van der Waals surface area contributed by atoms with Crippen molar-refractivity contribution in [3.05, 3.63) is 34.9 Å². The first kappa shape index (κ1) is 13.8. The maximum atomic E-state index is 12.0. The monoisotopic (exact) mass is 264 g/mol. The molecule has 2 aromatic rings. The van der Waals surface area contributed by atoms with E-state index < -0.39 is 6.10 Å². The molecular formula is C13H20N4O2. The number of pyridine rings is 1. The molecule has 0 amide bonds. The molecule has 0 saturated heterocycles. The minimum absolute atomic E-state index is 0.0646. The number of aliphatic hydroxyl groups is 1. The Morgan fingerprint density at radius 1 is 1.42 bits per heavy atom. The number of aliphatic hydroxyl groups excluding tert-OH is 1. The molecule has 1 atom stereocenters. The predicted molar refractivity (Wildman–Crippen MR) is 73.2 cm³/mol. The third kappa shape index (κ3) is 3.42. The van der Waals surface area contributed by atoms with Crippen LogP contribution in [0.4, 0.5) is 0 Å². The normalized spacial score (nSPS) is 13.9. The Bertz CT molecular complexity index is 609. The highest BCUT2D eigenvalue weighted by atomic mass is 16.3. The zero-order chi connectivity index (χ0) is 14.0. The van der Waals surface area contributed by atoms with E-state index in [0.29, 0.717) is 12.2 Å². The highest BCUT2D eigenvalue weighted by Crippen LogP contribution is 2.00. The van der Waals surface area contributed by atoms with Crippen LogP contribution in [0.25, 0.3) is 5.65 Å². The zero-order valence-corrected chi connectivity index (χ0v) is 11.5. The summed E-state index contributed by atoms with van der Waals surface area (Å²) in [5.41, 5.74) is 0.291. The van der Waals surface area contributed by atoms with Crippen LogP contribution in [-0.4, -0.2) is 37.5 Å². The summed E-state index contributed by atoms with van der Waals surface area (Å²) in [4.78, 5) is 12.0. The van der Waals surface area contributed by atoms with Gasteiger partial charge in [0.2, 0.25) is 0 Å². The van der Waals surface area contributed by atoms with Gasteiger partial charge in [0, 0.05) is 18.3 Å². The first-order valence-electron chi connectivity index (χ1n) is 6.34. The smallest absolute Gasteiger partial charge is 0.350 e. The Morgan fingerprint density at radius 2 is 2.16 bits per heavy atom. The lowest BCUT2D eigenvalue weighted by atomic mass is 10.1. The Labute approximate surface area is 111 Å². The van der Waals surface area contributed by atoms with Gasteiger partial charge in [0.05, 0.1) is 12.6 Å². The number of β-amino-alcohol motifs (C(OH)–C–C–N with tert-alkyl or cyclic N) is 1. The van der Waals surface area contributed by atoms with Crippen LogP contribution in [0.15, 0.2) is 29.2 Å². The highest BCUT2D eigenvalue weighted by molar-refractivity contribution is 5.35. The number of fused-ring (bicyclic) bond motifs is 1. The summed E-state index contributed by atoms with van der Waals surface area (Å²) >= 11 is 0. The molecule has 6 heteroatoms. The van der Waals surface area contributed by atoms with Crippen molar-refractivity contribution in [2.75, 3.05) is 6.54 Å². The van der Waals surface area contributed by atoms with Crippen molar-refractivity contribution < 1.29 is 5.11 Å². The first-order valence-corrected chi connectivity index (χ1v) is 6.34. The number of aromatic nitrogens is 3. The first-order chi connectivity index (χ1) is 8.87. The number of nitrogens with one attached hydrogen (secondary N) is 1. The van der Waals surface area contributed by atoms with E-state index in [1.165, 1.54) is 9.08 Å². The standard InChI is InChI=1S/C13H20N4O2/c1-13(2,3)14-8-10(18)9-17-12(19)16-7-5-4-6-11(16)15-17/h4-7,10,14,18H,8-9H2,1-3H3. The van der Waals surface area contributed by atoms with Crippen LogP contribution in [0.2, 0.25) is 0 Å². The van der Waals surface area contributed by atoms with Crippen molar-refractivity contribution in [3.8, 4) is 0 Å². The molecular weight excluding hydrogens is 244 g/mol. The molecule has 2 heterocycles. The molecule has 0 bridgehead atoms. The summed E-state index contributed by atoms with van der Waals surface area (Å²) in [6, 6.07) is 5.36. The van der Waals surface area contributed by atoms with Crippen LogP contribution in [0.1, 0.15) is 20.8 Å². The third-order valence-electron chi connectivity index (χ3n) is 2.74. The summed E-state index contributed by atoms with van der Waals surface area (Å²) in [6.45, 7) is 6.68. The molecule has 2 rings (SSSR count). The van der Waals surface area contributed by atoms with Gasteiger partial charge in [0.25, 0.3) is 0 Å². The maximum absolute atomic E-state index is 12.0. The van der Waals surface area contributed by atoms with Crippen LogP contribution < -0.4 is 11.0 Å². The molecule has 104 valence electrons. The van der Waals surface area contributed by atoms with Gasteiger partial charge in [0.15, 0.2) is 5.65 Å². The van der Waals surface area contributed by atoms with E-state index in [-0.39, 0.29) is 17.8 Å². The Hall–Kier alpha value is -1.66. The van der Waals surface area contributed by atoms with E-state index in [4.69, 9.17) is 0 Å². The Balaban J connectivity index is 2.09. The summed E-state index contributed by atoms with van der Waals surface area (Å²) in [7, 11) is 0. The summed E-state index contributed by atoms with van der Waals surface area (Å²) < 4.78 is 2.76. The molecule has 0 fully saturated rings. The molecule has 0 aliphatic carbocycles. The average Bonchev–Trinajstić information content (AvgIpc) is 2.64.